The smallest absolute Gasteiger partial charge is 0.254 e. The van der Waals surface area contributed by atoms with Gasteiger partial charge in [-0.3, -0.25) is 14.4 Å². The van der Waals surface area contributed by atoms with E-state index in [0.717, 1.165) is 56.2 Å². The molecule has 26 heavy (non-hydrogen) atoms. The van der Waals surface area contributed by atoms with Gasteiger partial charge in [0.05, 0.1) is 12.2 Å². The molecular formula is C20H29N5O. The number of nitrogens with zero attached hydrogens (tertiary/aromatic N) is 5. The van der Waals surface area contributed by atoms with Crippen LogP contribution in [0.5, 0.6) is 0 Å². The average molecular weight is 355 g/mol. The molecule has 0 unspecified atom stereocenters. The highest BCUT2D eigenvalue weighted by Crippen LogP contribution is 2.16. The van der Waals surface area contributed by atoms with Gasteiger partial charge in [-0.1, -0.05) is 6.07 Å². The largest absolute Gasteiger partial charge is 0.378 e. The van der Waals surface area contributed by atoms with Crippen molar-refractivity contribution in [1.29, 1.82) is 0 Å². The molecule has 1 saturated heterocycles. The van der Waals surface area contributed by atoms with Crippen molar-refractivity contribution in [3.05, 3.63) is 47.3 Å². The van der Waals surface area contributed by atoms with Crippen LogP contribution in [0.2, 0.25) is 0 Å². The summed E-state index contributed by atoms with van der Waals surface area (Å²) in [5, 5.41) is 4.52. The SMILES string of the molecule is Cc1cc(C)n(CCN2CCN(C(=O)c3cccc(N(C)C)c3)CC2)n1. The molecule has 6 nitrogen and oxygen atoms in total. The fourth-order valence-electron chi connectivity index (χ4n) is 3.41. The molecule has 0 bridgehead atoms. The van der Waals surface area contributed by atoms with Crippen molar-refractivity contribution < 1.29 is 4.79 Å². The van der Waals surface area contributed by atoms with Gasteiger partial charge < -0.3 is 9.80 Å². The minimum absolute atomic E-state index is 0.131. The highest BCUT2D eigenvalue weighted by atomic mass is 16.2. The van der Waals surface area contributed by atoms with Crippen LogP contribution in [-0.4, -0.2) is 72.3 Å². The number of hydrogen-bond donors (Lipinski definition) is 0. The molecule has 1 fully saturated rings. The molecule has 1 aliphatic rings. The fraction of sp³-hybridized carbons (Fsp3) is 0.500. The molecule has 1 aliphatic heterocycles. The summed E-state index contributed by atoms with van der Waals surface area (Å²) in [6, 6.07) is 9.96. The Morgan fingerprint density at radius 1 is 1.08 bits per heavy atom. The second-order valence-electron chi connectivity index (χ2n) is 7.23. The predicted octanol–water partition coefficient (Wildman–Crippen LogP) is 2.02. The first kappa shape index (κ1) is 18.5. The van der Waals surface area contributed by atoms with E-state index in [2.05, 4.69) is 27.7 Å². The lowest BCUT2D eigenvalue weighted by Gasteiger charge is -2.35. The minimum atomic E-state index is 0.131. The topological polar surface area (TPSA) is 44.6 Å². The monoisotopic (exact) mass is 355 g/mol. The molecule has 0 spiro atoms. The van der Waals surface area contributed by atoms with Crippen LogP contribution in [-0.2, 0) is 6.54 Å². The highest BCUT2D eigenvalue weighted by Gasteiger charge is 2.22. The highest BCUT2D eigenvalue weighted by molar-refractivity contribution is 5.95. The predicted molar refractivity (Wildman–Crippen MR) is 105 cm³/mol. The van der Waals surface area contributed by atoms with Crippen LogP contribution in [0.4, 0.5) is 5.69 Å². The molecule has 6 heteroatoms. The van der Waals surface area contributed by atoms with E-state index in [-0.39, 0.29) is 5.91 Å². The van der Waals surface area contributed by atoms with E-state index in [1.54, 1.807) is 0 Å². The molecule has 1 amide bonds. The summed E-state index contributed by atoms with van der Waals surface area (Å²) in [5.41, 5.74) is 4.10. The second-order valence-corrected chi connectivity index (χ2v) is 7.23. The van der Waals surface area contributed by atoms with E-state index in [1.165, 1.54) is 5.69 Å². The number of anilines is 1. The Kier molecular flexibility index (Phi) is 5.61. The summed E-state index contributed by atoms with van der Waals surface area (Å²) in [4.78, 5) is 19.2. The molecule has 0 N–H and O–H groups in total. The number of rotatable bonds is 5. The van der Waals surface area contributed by atoms with Gasteiger partial charge in [0.25, 0.3) is 5.91 Å². The lowest BCUT2D eigenvalue weighted by Crippen LogP contribution is -2.49. The first-order valence-corrected chi connectivity index (χ1v) is 9.24. The molecule has 1 aromatic carbocycles. The van der Waals surface area contributed by atoms with Gasteiger partial charge in [-0.25, -0.2) is 0 Å². The van der Waals surface area contributed by atoms with Crippen LogP contribution in [0.3, 0.4) is 0 Å². The Bertz CT molecular complexity index is 759. The lowest BCUT2D eigenvalue weighted by molar-refractivity contribution is 0.0632. The molecule has 1 aromatic heterocycles. The maximum absolute atomic E-state index is 12.8. The third kappa shape index (κ3) is 4.25. The molecule has 0 aliphatic carbocycles. The van der Waals surface area contributed by atoms with Crippen molar-refractivity contribution in [2.24, 2.45) is 0 Å². The summed E-state index contributed by atoms with van der Waals surface area (Å²) in [7, 11) is 3.98. The summed E-state index contributed by atoms with van der Waals surface area (Å²) in [5.74, 6) is 0.131. The Morgan fingerprint density at radius 2 is 1.81 bits per heavy atom. The maximum atomic E-state index is 12.8. The normalized spacial score (nSPS) is 15.3. The summed E-state index contributed by atoms with van der Waals surface area (Å²) < 4.78 is 2.07. The zero-order valence-corrected chi connectivity index (χ0v) is 16.3. The number of carbonyl (C=O) groups excluding carboxylic acids is 1. The van der Waals surface area contributed by atoms with E-state index < -0.39 is 0 Å². The minimum Gasteiger partial charge on any atom is -0.378 e. The van der Waals surface area contributed by atoms with Crippen LogP contribution >= 0.6 is 0 Å². The zero-order valence-electron chi connectivity index (χ0n) is 16.3. The molecule has 0 saturated carbocycles. The number of aromatic nitrogens is 2. The second kappa shape index (κ2) is 7.91. The number of benzene rings is 1. The number of piperazine rings is 1. The zero-order chi connectivity index (χ0) is 18.7. The number of carbonyl (C=O) groups is 1. The van der Waals surface area contributed by atoms with Gasteiger partial charge in [0.2, 0.25) is 0 Å². The van der Waals surface area contributed by atoms with E-state index in [0.29, 0.717) is 0 Å². The molecule has 2 aromatic rings. The van der Waals surface area contributed by atoms with Gasteiger partial charge in [-0.15, -0.1) is 0 Å². The van der Waals surface area contributed by atoms with Crippen LogP contribution in [0, 0.1) is 13.8 Å². The summed E-state index contributed by atoms with van der Waals surface area (Å²) in [6.07, 6.45) is 0. The Morgan fingerprint density at radius 3 is 2.42 bits per heavy atom. The van der Waals surface area contributed by atoms with Gasteiger partial charge in [0, 0.05) is 63.8 Å². The first-order chi connectivity index (χ1) is 12.4. The van der Waals surface area contributed by atoms with Crippen LogP contribution in [0.25, 0.3) is 0 Å². The average Bonchev–Trinajstić information content (AvgIpc) is 2.97. The molecule has 0 atom stereocenters. The van der Waals surface area contributed by atoms with Crippen LogP contribution in [0.1, 0.15) is 21.7 Å². The Balaban J connectivity index is 1.52. The fourth-order valence-corrected chi connectivity index (χ4v) is 3.41. The van der Waals surface area contributed by atoms with Crippen molar-refractivity contribution in [3.8, 4) is 0 Å². The third-order valence-electron chi connectivity index (χ3n) is 5.00. The van der Waals surface area contributed by atoms with Crippen molar-refractivity contribution >= 4 is 11.6 Å². The van der Waals surface area contributed by atoms with Crippen molar-refractivity contribution in [2.45, 2.75) is 20.4 Å². The van der Waals surface area contributed by atoms with Crippen molar-refractivity contribution in [1.82, 2.24) is 19.6 Å². The molecule has 140 valence electrons. The maximum Gasteiger partial charge on any atom is 0.254 e. The molecule has 0 radical (unpaired) electrons. The first-order valence-electron chi connectivity index (χ1n) is 9.24. The van der Waals surface area contributed by atoms with Gasteiger partial charge in [0.1, 0.15) is 0 Å². The van der Waals surface area contributed by atoms with Gasteiger partial charge >= 0.3 is 0 Å². The van der Waals surface area contributed by atoms with E-state index in [9.17, 15) is 4.79 Å². The van der Waals surface area contributed by atoms with Crippen LogP contribution < -0.4 is 4.90 Å². The molecule has 3 rings (SSSR count). The Hall–Kier alpha value is -2.34. The van der Waals surface area contributed by atoms with Gasteiger partial charge in [-0.2, -0.15) is 5.10 Å². The number of aryl methyl sites for hydroxylation is 2. The molecular weight excluding hydrogens is 326 g/mol. The third-order valence-corrected chi connectivity index (χ3v) is 5.00. The van der Waals surface area contributed by atoms with E-state index >= 15 is 0 Å². The van der Waals surface area contributed by atoms with Gasteiger partial charge in [0.15, 0.2) is 0 Å². The van der Waals surface area contributed by atoms with Crippen LogP contribution in [0.15, 0.2) is 30.3 Å². The lowest BCUT2D eigenvalue weighted by atomic mass is 10.1. The van der Waals surface area contributed by atoms with Crippen molar-refractivity contribution in [2.75, 3.05) is 51.7 Å². The standard InChI is InChI=1S/C20H29N5O/c1-16-14-17(2)25(21-16)13-10-23-8-11-24(12-9-23)20(26)18-6-5-7-19(15-18)22(3)4/h5-7,14-15H,8-13H2,1-4H3. The molecule has 2 heterocycles. The van der Waals surface area contributed by atoms with Crippen molar-refractivity contribution in [3.63, 3.8) is 0 Å². The number of amides is 1. The van der Waals surface area contributed by atoms with Gasteiger partial charge in [-0.05, 0) is 38.1 Å². The van der Waals surface area contributed by atoms with E-state index in [1.807, 2.05) is 55.1 Å². The summed E-state index contributed by atoms with van der Waals surface area (Å²) >= 11 is 0. The Labute approximate surface area is 156 Å². The van der Waals surface area contributed by atoms with E-state index in [4.69, 9.17) is 0 Å². The number of hydrogen-bond acceptors (Lipinski definition) is 4. The summed E-state index contributed by atoms with van der Waals surface area (Å²) in [6.45, 7) is 9.39. The quantitative estimate of drug-likeness (QED) is 0.823.